The average Bonchev–Trinajstić information content (AvgIpc) is 3.12. The number of nitrogens with one attached hydrogen (secondary N) is 1. The summed E-state index contributed by atoms with van der Waals surface area (Å²) >= 11 is 0. The zero-order valence-corrected chi connectivity index (χ0v) is 33.4. The van der Waals surface area contributed by atoms with E-state index >= 15 is 0 Å². The molecule has 0 bridgehead atoms. The third-order valence-corrected chi connectivity index (χ3v) is 9.95. The van der Waals surface area contributed by atoms with Gasteiger partial charge in [0, 0.05) is 37.1 Å². The van der Waals surface area contributed by atoms with Crippen LogP contribution < -0.4 is 10.3 Å². The number of carboxylic acid groups (broad SMARTS) is 1. The van der Waals surface area contributed by atoms with Crippen molar-refractivity contribution in [2.24, 2.45) is 0 Å². The Morgan fingerprint density at radius 1 is 0.893 bits per heavy atom. The highest BCUT2D eigenvalue weighted by Gasteiger charge is 2.42. The van der Waals surface area contributed by atoms with Crippen LogP contribution in [0.5, 0.6) is 0 Å². The number of ether oxygens (including phenoxy) is 2. The number of fused-ring (bicyclic) bond motifs is 1. The number of imide groups is 1. The van der Waals surface area contributed by atoms with E-state index in [1.807, 2.05) is 6.07 Å². The number of urea groups is 1. The normalized spacial score (nSPS) is 12.2. The summed E-state index contributed by atoms with van der Waals surface area (Å²) in [4.78, 5) is 59.4. The topological polar surface area (TPSA) is 200 Å². The van der Waals surface area contributed by atoms with Crippen LogP contribution in [-0.2, 0) is 30.5 Å². The van der Waals surface area contributed by atoms with E-state index in [-0.39, 0.29) is 39.7 Å². The third kappa shape index (κ3) is 10.7. The van der Waals surface area contributed by atoms with E-state index in [4.69, 9.17) is 9.47 Å². The first-order chi connectivity index (χ1) is 26.1. The number of likely N-dealkylation sites (N-methyl/N-ethyl adjacent to an activating group) is 1. The average molecular weight is 787 g/mol. The van der Waals surface area contributed by atoms with Crippen molar-refractivity contribution in [3.05, 3.63) is 95.8 Å². The van der Waals surface area contributed by atoms with E-state index in [1.165, 1.54) is 30.0 Å². The number of hydrogen-bond acceptors (Lipinski definition) is 11. The van der Waals surface area contributed by atoms with Crippen molar-refractivity contribution in [1.29, 1.82) is 5.26 Å². The van der Waals surface area contributed by atoms with E-state index < -0.39 is 51.3 Å². The molecule has 0 saturated carbocycles. The van der Waals surface area contributed by atoms with Crippen LogP contribution >= 0.6 is 0 Å². The molecule has 56 heavy (non-hydrogen) atoms. The van der Waals surface area contributed by atoms with Crippen molar-refractivity contribution in [1.82, 2.24) is 14.9 Å². The van der Waals surface area contributed by atoms with Gasteiger partial charge in [-0.1, -0.05) is 37.3 Å². The lowest BCUT2D eigenvalue weighted by Gasteiger charge is -2.39. The summed E-state index contributed by atoms with van der Waals surface area (Å²) < 4.78 is 35.9. The van der Waals surface area contributed by atoms with Gasteiger partial charge in [-0.3, -0.25) is 9.99 Å². The first-order valence-corrected chi connectivity index (χ1v) is 19.3. The SMILES string of the molecule is CCS(=O)(=O)c1ccc(NC(=O)N(C)CCc2ccc(C(C(=O)O)N(c3ccc4cnccc4c3)N(C(=O)OC(C)(C)C)C(=O)OC(C)(C)C)cc2)cc1C#N. The number of aromatic nitrogens is 1. The van der Waals surface area contributed by atoms with E-state index in [1.54, 1.807) is 110 Å². The molecule has 0 aliphatic rings. The lowest BCUT2D eigenvalue weighted by molar-refractivity contribution is -0.139. The molecule has 0 fully saturated rings. The number of hydrazine groups is 1. The molecule has 0 aliphatic heterocycles. The van der Waals surface area contributed by atoms with Crippen LogP contribution in [0.15, 0.2) is 84.0 Å². The van der Waals surface area contributed by atoms with E-state index in [9.17, 15) is 38.0 Å². The first-order valence-electron chi connectivity index (χ1n) is 17.6. The predicted molar refractivity (Wildman–Crippen MR) is 210 cm³/mol. The molecule has 1 unspecified atom stereocenters. The summed E-state index contributed by atoms with van der Waals surface area (Å²) in [5.74, 6) is -1.56. The number of carboxylic acids is 1. The monoisotopic (exact) mass is 786 g/mol. The molecule has 16 heteroatoms. The van der Waals surface area contributed by atoms with Crippen molar-refractivity contribution in [2.75, 3.05) is 29.7 Å². The van der Waals surface area contributed by atoms with Gasteiger partial charge >= 0.3 is 24.2 Å². The first kappa shape index (κ1) is 42.5. The number of benzene rings is 3. The van der Waals surface area contributed by atoms with Crippen LogP contribution in [0.3, 0.4) is 0 Å². The highest BCUT2D eigenvalue weighted by Crippen LogP contribution is 2.34. The highest BCUT2D eigenvalue weighted by atomic mass is 32.2. The quantitative estimate of drug-likeness (QED) is 0.144. The van der Waals surface area contributed by atoms with Gasteiger partial charge in [0.15, 0.2) is 15.9 Å². The Morgan fingerprint density at radius 3 is 2.07 bits per heavy atom. The smallest absolute Gasteiger partial charge is 0.439 e. The van der Waals surface area contributed by atoms with Crippen molar-refractivity contribution in [2.45, 2.75) is 77.0 Å². The number of amides is 4. The summed E-state index contributed by atoms with van der Waals surface area (Å²) in [6.45, 7) is 11.4. The van der Waals surface area contributed by atoms with Crippen LogP contribution in [0.25, 0.3) is 10.8 Å². The molecule has 0 spiro atoms. The molecule has 1 aromatic heterocycles. The van der Waals surface area contributed by atoms with Gasteiger partial charge in [0.2, 0.25) is 0 Å². The minimum absolute atomic E-state index is 0.0798. The number of nitriles is 1. The molecular weight excluding hydrogens is 741 g/mol. The fourth-order valence-electron chi connectivity index (χ4n) is 5.45. The van der Waals surface area contributed by atoms with E-state index in [2.05, 4.69) is 10.3 Å². The second-order valence-corrected chi connectivity index (χ2v) is 17.1. The molecular formula is C40H46N6O9S. The molecule has 0 saturated heterocycles. The van der Waals surface area contributed by atoms with E-state index in [0.29, 0.717) is 16.8 Å². The molecule has 15 nitrogen and oxygen atoms in total. The molecule has 4 aromatic rings. The maximum atomic E-state index is 13.9. The molecule has 4 rings (SSSR count). The van der Waals surface area contributed by atoms with Crippen molar-refractivity contribution >= 4 is 56.2 Å². The molecule has 2 N–H and O–H groups in total. The van der Waals surface area contributed by atoms with Gasteiger partial charge in [-0.05, 0) is 101 Å². The number of carbonyl (C=O) groups is 4. The summed E-state index contributed by atoms with van der Waals surface area (Å²) in [7, 11) is -2.07. The second kappa shape index (κ2) is 17.1. The molecule has 0 radical (unpaired) electrons. The second-order valence-electron chi connectivity index (χ2n) is 14.8. The highest BCUT2D eigenvalue weighted by molar-refractivity contribution is 7.91. The Balaban J connectivity index is 1.65. The number of hydrogen-bond donors (Lipinski definition) is 2. The Labute approximate surface area is 326 Å². The number of anilines is 2. The van der Waals surface area contributed by atoms with Gasteiger partial charge in [-0.15, -0.1) is 5.01 Å². The Hall–Kier alpha value is -6.21. The Bertz CT molecular complexity index is 2230. The van der Waals surface area contributed by atoms with E-state index in [0.717, 1.165) is 16.0 Å². The van der Waals surface area contributed by atoms with Crippen LogP contribution in [0.1, 0.15) is 71.2 Å². The predicted octanol–water partition coefficient (Wildman–Crippen LogP) is 7.33. The number of carbonyl (C=O) groups excluding carboxylic acids is 3. The third-order valence-electron chi connectivity index (χ3n) is 8.16. The van der Waals surface area contributed by atoms with Gasteiger partial charge in [0.25, 0.3) is 0 Å². The molecule has 0 aliphatic carbocycles. The van der Waals surface area contributed by atoms with Gasteiger partial charge in [-0.2, -0.15) is 5.26 Å². The summed E-state index contributed by atoms with van der Waals surface area (Å²) in [5.41, 5.74) is -0.844. The van der Waals surface area contributed by atoms with Crippen molar-refractivity contribution in [3.63, 3.8) is 0 Å². The van der Waals surface area contributed by atoms with Gasteiger partial charge in [0.1, 0.15) is 17.3 Å². The fraction of sp³-hybridized carbons (Fsp3) is 0.350. The standard InChI is InChI=1S/C40H46N6O9S/c1-9-56(52,53)33-17-15-31(22-30(33)24-41)43-36(49)44(8)21-19-26-10-12-27(13-11-26)34(35(47)48)45(32-16-14-29-25-42-20-18-28(29)23-32)46(37(50)54-39(2,3)4)38(51)55-40(5,6)7/h10-18,20,22-23,25,34H,9,19,21H2,1-8H3,(H,43,49)(H,47,48). The number of pyridine rings is 1. The Morgan fingerprint density at radius 2 is 1.52 bits per heavy atom. The van der Waals surface area contributed by atoms with Crippen LogP contribution in [0, 0.1) is 11.3 Å². The van der Waals surface area contributed by atoms with Gasteiger partial charge in [0.05, 0.1) is 21.9 Å². The van der Waals surface area contributed by atoms with Crippen molar-refractivity contribution < 1.29 is 42.2 Å². The number of rotatable bonds is 11. The van der Waals surface area contributed by atoms with Crippen molar-refractivity contribution in [3.8, 4) is 6.07 Å². The maximum absolute atomic E-state index is 13.9. The van der Waals surface area contributed by atoms with Gasteiger partial charge < -0.3 is 24.8 Å². The lowest BCUT2D eigenvalue weighted by atomic mass is 10.0. The molecule has 296 valence electrons. The fourth-order valence-corrected chi connectivity index (χ4v) is 6.47. The summed E-state index contributed by atoms with van der Waals surface area (Å²) in [6.07, 6.45) is 1.23. The minimum Gasteiger partial charge on any atom is -0.479 e. The molecule has 3 aromatic carbocycles. The number of sulfone groups is 1. The summed E-state index contributed by atoms with van der Waals surface area (Å²) in [6, 6.07) is 16.8. The Kier molecular flexibility index (Phi) is 13.0. The largest absolute Gasteiger partial charge is 0.479 e. The zero-order chi connectivity index (χ0) is 41.6. The molecule has 1 heterocycles. The van der Waals surface area contributed by atoms with Crippen LogP contribution in [0.4, 0.5) is 25.8 Å². The molecule has 4 amide bonds. The summed E-state index contributed by atoms with van der Waals surface area (Å²) in [5, 5.41) is 26.0. The maximum Gasteiger partial charge on any atom is 0.439 e. The van der Waals surface area contributed by atoms with Crippen LogP contribution in [0.2, 0.25) is 0 Å². The lowest BCUT2D eigenvalue weighted by Crippen LogP contribution is -2.56. The van der Waals surface area contributed by atoms with Gasteiger partial charge in [-0.25, -0.2) is 27.6 Å². The zero-order valence-electron chi connectivity index (χ0n) is 32.6. The number of nitrogens with zero attached hydrogens (tertiary/aromatic N) is 5. The minimum atomic E-state index is -3.63. The number of aliphatic carboxylic acids is 1. The van der Waals surface area contributed by atoms with Crippen LogP contribution in [-0.4, -0.2) is 83.2 Å². The molecule has 1 atom stereocenters.